The monoisotopic (exact) mass is 281 g/mol. The van der Waals surface area contributed by atoms with Gasteiger partial charge in [0.15, 0.2) is 0 Å². The predicted molar refractivity (Wildman–Crippen MR) is 54.8 cm³/mol. The molecule has 0 unspecified atom stereocenters. The summed E-state index contributed by atoms with van der Waals surface area (Å²) in [5.74, 6) is -0.815. The van der Waals surface area contributed by atoms with Crippen LogP contribution in [0.1, 0.15) is 1.43 Å². The van der Waals surface area contributed by atoms with Gasteiger partial charge >= 0.3 is 35.5 Å². The van der Waals surface area contributed by atoms with E-state index in [1.54, 1.807) is 0 Å². The molecule has 0 aromatic carbocycles. The molecule has 0 radical (unpaired) electrons. The number of halogens is 1. The second kappa shape index (κ2) is 19.6. The fraction of sp³-hybridized carbons (Fsp3) is 0.667. The molecule has 86 valence electrons. The van der Waals surface area contributed by atoms with Gasteiger partial charge in [0.05, 0.1) is 0 Å². The molecule has 0 fully saturated rings. The van der Waals surface area contributed by atoms with Gasteiger partial charge in [0.1, 0.15) is 6.04 Å². The second-order valence-corrected chi connectivity index (χ2v) is 2.18. The summed E-state index contributed by atoms with van der Waals surface area (Å²) in [5.41, 5.74) is 4.94. The number of nitrogens with two attached hydrogens (primary N) is 1. The Morgan fingerprint density at radius 3 is 1.79 bits per heavy atom. The minimum atomic E-state index is -2.61. The molecule has 0 heterocycles. The number of hydrogen-bond donors (Lipinski definition) is 5. The molecule has 1 atom stereocenters. The molecule has 0 spiro atoms. The van der Waals surface area contributed by atoms with Gasteiger partial charge in [0, 0.05) is 5.75 Å². The van der Waals surface area contributed by atoms with Crippen molar-refractivity contribution < 1.29 is 59.7 Å². The average Bonchev–Trinajstić information content (AvgIpc) is 1.85. The molecule has 7 nitrogen and oxygen atoms in total. The zero-order valence-electron chi connectivity index (χ0n) is 8.28. The summed E-state index contributed by atoms with van der Waals surface area (Å²) in [6, 6.07) is -0.816. The van der Waals surface area contributed by atoms with E-state index < -0.39 is 23.4 Å². The van der Waals surface area contributed by atoms with Crippen LogP contribution in [0.15, 0.2) is 0 Å². The molecule has 0 saturated carbocycles. The first-order chi connectivity index (χ1) is 4.91. The van der Waals surface area contributed by atoms with Gasteiger partial charge in [-0.05, 0) is 0 Å². The summed E-state index contributed by atoms with van der Waals surface area (Å²) in [5, 5.41) is 8.01. The van der Waals surface area contributed by atoms with Crippen LogP contribution in [0.4, 0.5) is 0 Å². The summed E-state index contributed by atoms with van der Waals surface area (Å²) in [4.78, 5) is 9.76. The van der Waals surface area contributed by atoms with Gasteiger partial charge in [0.2, 0.25) is 0 Å². The molecule has 0 aromatic rings. The van der Waals surface area contributed by atoms with Gasteiger partial charge in [-0.3, -0.25) is 13.9 Å². The Morgan fingerprint density at radius 1 is 1.57 bits per heavy atom. The largest absolute Gasteiger partial charge is 1.00 e. The Kier molecular flexibility index (Phi) is 41.3. The predicted octanol–water partition coefficient (Wildman–Crippen LogP) is -4.28. The normalized spacial score (nSPS) is 9.21. The molecule has 0 bridgehead atoms. The third-order valence-electron chi connectivity index (χ3n) is 0.514. The first-order valence-corrected chi connectivity index (χ1v) is 4.00. The third-order valence-corrected chi connectivity index (χ3v) is 0.907. The molecule has 0 aliphatic carbocycles. The maximum Gasteiger partial charge on any atom is 1.00 e. The molecular weight excluding hydrogens is 269 g/mol. The zero-order chi connectivity index (χ0) is 9.44. The van der Waals surface area contributed by atoms with Crippen LogP contribution in [0.3, 0.4) is 0 Å². The maximum atomic E-state index is 9.76. The van der Waals surface area contributed by atoms with Crippen LogP contribution >= 0.6 is 25.0 Å². The number of aliphatic carboxylic acids is 1. The Labute approximate surface area is 119 Å². The first kappa shape index (κ1) is 29.4. The minimum absolute atomic E-state index is 0. The Hall–Kier alpha value is 1.10. The van der Waals surface area contributed by atoms with Crippen molar-refractivity contribution >= 4 is 42.4 Å². The molecular formula is C3H13ClNNaO6S2. The summed E-state index contributed by atoms with van der Waals surface area (Å²) >= 11 is 1.04. The van der Waals surface area contributed by atoms with Crippen molar-refractivity contribution in [2.45, 2.75) is 6.04 Å². The van der Waals surface area contributed by atoms with E-state index in [4.69, 9.17) is 24.2 Å². The second-order valence-electron chi connectivity index (χ2n) is 1.36. The Morgan fingerprint density at radius 2 is 1.79 bits per heavy atom. The van der Waals surface area contributed by atoms with Crippen LogP contribution < -0.4 is 35.3 Å². The summed E-state index contributed by atoms with van der Waals surface area (Å²) in [7, 11) is 0. The number of thiol groups is 1. The fourth-order valence-electron chi connectivity index (χ4n) is 0.0781. The van der Waals surface area contributed by atoms with Crippen LogP contribution in [0.2, 0.25) is 0 Å². The van der Waals surface area contributed by atoms with Crippen molar-refractivity contribution in [1.82, 2.24) is 0 Å². The number of carboxylic acid groups (broad SMARTS) is 1. The summed E-state index contributed by atoms with van der Waals surface area (Å²) in [6.07, 6.45) is 0. The zero-order valence-corrected chi connectivity index (χ0v) is 11.8. The van der Waals surface area contributed by atoms with Crippen LogP contribution in [0.25, 0.3) is 0 Å². The fourth-order valence-corrected chi connectivity index (χ4v) is 0.234. The van der Waals surface area contributed by atoms with E-state index in [0.717, 1.165) is 0 Å². The van der Waals surface area contributed by atoms with Crippen LogP contribution in [-0.2, 0) is 16.2 Å². The Balaban J connectivity index is -0.0000000230. The van der Waals surface area contributed by atoms with E-state index in [2.05, 4.69) is 12.6 Å². The van der Waals surface area contributed by atoms with E-state index in [-0.39, 0.29) is 54.6 Å². The maximum absolute atomic E-state index is 9.76. The number of carbonyl (C=O) groups is 1. The van der Waals surface area contributed by atoms with E-state index in [1.807, 2.05) is 0 Å². The van der Waals surface area contributed by atoms with Gasteiger partial charge in [-0.2, -0.15) is 16.8 Å². The van der Waals surface area contributed by atoms with Gasteiger partial charge in [-0.25, -0.2) is 0 Å². The van der Waals surface area contributed by atoms with Gasteiger partial charge in [-0.15, -0.1) is 12.4 Å². The molecule has 0 saturated heterocycles. The topological polar surface area (TPSA) is 152 Å². The van der Waals surface area contributed by atoms with Crippen molar-refractivity contribution in [3.63, 3.8) is 0 Å². The van der Waals surface area contributed by atoms with Crippen molar-refractivity contribution in [2.75, 3.05) is 5.75 Å². The molecule has 7 N–H and O–H groups in total. The molecule has 14 heavy (non-hydrogen) atoms. The smallest absolute Gasteiger partial charge is 1.00 e. The summed E-state index contributed by atoms with van der Waals surface area (Å²) in [6.45, 7) is 0. The van der Waals surface area contributed by atoms with Crippen molar-refractivity contribution in [1.29, 1.82) is 0 Å². The first-order valence-electron chi connectivity index (χ1n) is 2.31. The third kappa shape index (κ3) is 38.0. The van der Waals surface area contributed by atoms with Crippen LogP contribution in [-0.4, -0.2) is 41.7 Å². The molecule has 0 aromatic heterocycles. The van der Waals surface area contributed by atoms with E-state index in [0.29, 0.717) is 0 Å². The van der Waals surface area contributed by atoms with Crippen molar-refractivity contribution in [2.24, 2.45) is 5.73 Å². The van der Waals surface area contributed by atoms with Crippen LogP contribution in [0, 0.1) is 0 Å². The van der Waals surface area contributed by atoms with E-state index in [1.165, 1.54) is 0 Å². The SMILES string of the molecule is Cl.N[C@@H](CS)C(=O)O.O.O=S(O)O.[H-].[Na+]. The quantitative estimate of drug-likeness (QED) is 0.196. The number of hydrogen-bond acceptors (Lipinski definition) is 4. The molecule has 0 aliphatic heterocycles. The molecule has 0 aliphatic rings. The number of rotatable bonds is 2. The molecule has 0 rings (SSSR count). The molecule has 11 heteroatoms. The Bertz CT molecular complexity index is 152. The van der Waals surface area contributed by atoms with Gasteiger partial charge < -0.3 is 17.7 Å². The van der Waals surface area contributed by atoms with E-state index >= 15 is 0 Å². The minimum Gasteiger partial charge on any atom is -1.00 e. The summed E-state index contributed by atoms with van der Waals surface area (Å²) < 4.78 is 22.8. The van der Waals surface area contributed by atoms with Crippen molar-refractivity contribution in [3.05, 3.63) is 0 Å². The van der Waals surface area contributed by atoms with E-state index in [9.17, 15) is 4.79 Å². The average molecular weight is 282 g/mol. The standard InChI is InChI=1S/C3H7NO2S.ClH.Na.H2O3S.H2O.H/c4-2(1-7)3(5)6;;;1-4(2)3;;/h2,7H,1,4H2,(H,5,6);1H;;(H2,1,2,3);1H2;/q;;+1;;;-1/t2-;;;;;/m0...../s1. The van der Waals surface area contributed by atoms with Gasteiger partial charge in [0.25, 0.3) is 11.4 Å². The van der Waals surface area contributed by atoms with Gasteiger partial charge in [-0.1, -0.05) is 0 Å². The van der Waals surface area contributed by atoms with Crippen LogP contribution in [0.5, 0.6) is 0 Å². The molecule has 0 amide bonds. The number of carboxylic acids is 1. The van der Waals surface area contributed by atoms with Crippen molar-refractivity contribution in [3.8, 4) is 0 Å².